The lowest BCUT2D eigenvalue weighted by Gasteiger charge is -2.43. The van der Waals surface area contributed by atoms with Gasteiger partial charge in [-0.15, -0.1) is 0 Å². The lowest BCUT2D eigenvalue weighted by molar-refractivity contribution is 0.0851. The van der Waals surface area contributed by atoms with Gasteiger partial charge < -0.3 is 10.6 Å². The van der Waals surface area contributed by atoms with Crippen LogP contribution in [-0.2, 0) is 0 Å². The molecule has 2 fully saturated rings. The molecule has 0 unspecified atom stereocenters. The molecule has 0 aromatic carbocycles. The van der Waals surface area contributed by atoms with Gasteiger partial charge in [0.15, 0.2) is 0 Å². The van der Waals surface area contributed by atoms with Gasteiger partial charge in [-0.3, -0.25) is 0 Å². The molecule has 0 aromatic heterocycles. The maximum absolute atomic E-state index is 6.55. The van der Waals surface area contributed by atoms with Crippen LogP contribution in [0.25, 0.3) is 0 Å². The first-order valence-corrected chi connectivity index (χ1v) is 7.57. The number of nitrogens with two attached hydrogens (primary N) is 1. The number of rotatable bonds is 3. The normalized spacial score (nSPS) is 29.1. The first-order chi connectivity index (χ1) is 8.05. The molecule has 1 saturated carbocycles. The van der Waals surface area contributed by atoms with Crippen LogP contribution >= 0.6 is 0 Å². The van der Waals surface area contributed by atoms with Gasteiger partial charge >= 0.3 is 0 Å². The van der Waals surface area contributed by atoms with E-state index in [9.17, 15) is 0 Å². The third-order valence-corrected chi connectivity index (χ3v) is 5.30. The number of hydrogen-bond acceptors (Lipinski definition) is 2. The summed E-state index contributed by atoms with van der Waals surface area (Å²) in [6.07, 6.45) is 10.6. The predicted octanol–water partition coefficient (Wildman–Crippen LogP) is 3.16. The molecule has 1 aliphatic carbocycles. The van der Waals surface area contributed by atoms with Crippen molar-refractivity contribution in [2.45, 2.75) is 70.8 Å². The molecule has 0 spiro atoms. The van der Waals surface area contributed by atoms with E-state index in [2.05, 4.69) is 18.7 Å². The van der Waals surface area contributed by atoms with Crippen LogP contribution in [0.3, 0.4) is 0 Å². The van der Waals surface area contributed by atoms with Crippen LogP contribution in [-0.4, -0.2) is 30.1 Å². The number of likely N-dealkylation sites (tertiary alicyclic amines) is 1. The van der Waals surface area contributed by atoms with Gasteiger partial charge in [0.05, 0.1) is 0 Å². The second kappa shape index (κ2) is 5.27. The minimum Gasteiger partial charge on any atom is -0.324 e. The summed E-state index contributed by atoms with van der Waals surface area (Å²) in [5, 5.41) is 0. The Balaban J connectivity index is 1.81. The Hall–Kier alpha value is -0.0800. The van der Waals surface area contributed by atoms with Crippen molar-refractivity contribution in [3.8, 4) is 0 Å². The molecule has 0 bridgehead atoms. The summed E-state index contributed by atoms with van der Waals surface area (Å²) in [4.78, 5) is 2.63. The maximum Gasteiger partial charge on any atom is 0.0283 e. The molecule has 2 rings (SSSR count). The Morgan fingerprint density at radius 1 is 1.00 bits per heavy atom. The van der Waals surface area contributed by atoms with E-state index in [4.69, 9.17) is 5.73 Å². The number of hydrogen-bond donors (Lipinski definition) is 1. The Morgan fingerprint density at radius 3 is 2.12 bits per heavy atom. The van der Waals surface area contributed by atoms with E-state index < -0.39 is 0 Å². The lowest BCUT2D eigenvalue weighted by Crippen LogP contribution is -2.53. The largest absolute Gasteiger partial charge is 0.324 e. The molecule has 1 saturated heterocycles. The summed E-state index contributed by atoms with van der Waals surface area (Å²) < 4.78 is 0. The molecule has 0 atom stereocenters. The summed E-state index contributed by atoms with van der Waals surface area (Å²) in [5.74, 6) is 0. The van der Waals surface area contributed by atoms with E-state index in [0.29, 0.717) is 5.41 Å². The highest BCUT2D eigenvalue weighted by atomic mass is 15.2. The van der Waals surface area contributed by atoms with Gasteiger partial charge in [0, 0.05) is 12.1 Å². The summed E-state index contributed by atoms with van der Waals surface area (Å²) >= 11 is 0. The zero-order valence-corrected chi connectivity index (χ0v) is 11.8. The molecule has 0 aromatic rings. The first kappa shape index (κ1) is 13.4. The zero-order valence-electron chi connectivity index (χ0n) is 11.8. The van der Waals surface area contributed by atoms with Crippen molar-refractivity contribution in [2.75, 3.05) is 19.6 Å². The molecule has 100 valence electrons. The summed E-state index contributed by atoms with van der Waals surface area (Å²) in [6, 6.07) is 0. The van der Waals surface area contributed by atoms with Crippen LogP contribution in [0.1, 0.15) is 65.2 Å². The van der Waals surface area contributed by atoms with Crippen molar-refractivity contribution in [2.24, 2.45) is 11.1 Å². The molecular weight excluding hydrogens is 208 g/mol. The Bertz CT molecular complexity index is 235. The summed E-state index contributed by atoms with van der Waals surface area (Å²) in [7, 11) is 0. The van der Waals surface area contributed by atoms with Crippen molar-refractivity contribution < 1.29 is 0 Å². The average Bonchev–Trinajstić information content (AvgIpc) is 2.33. The molecule has 1 heterocycles. The summed E-state index contributed by atoms with van der Waals surface area (Å²) in [6.45, 7) is 8.46. The first-order valence-electron chi connectivity index (χ1n) is 7.57. The van der Waals surface area contributed by atoms with Gasteiger partial charge in [-0.2, -0.15) is 0 Å². The van der Waals surface area contributed by atoms with Gasteiger partial charge in [-0.25, -0.2) is 0 Å². The fourth-order valence-electron chi connectivity index (χ4n) is 3.46. The van der Waals surface area contributed by atoms with Crippen molar-refractivity contribution >= 4 is 0 Å². The third kappa shape index (κ3) is 3.45. The fraction of sp³-hybridized carbons (Fsp3) is 1.00. The van der Waals surface area contributed by atoms with Crippen LogP contribution in [0.2, 0.25) is 0 Å². The highest BCUT2D eigenvalue weighted by molar-refractivity contribution is 4.92. The topological polar surface area (TPSA) is 29.3 Å². The molecule has 0 radical (unpaired) electrons. The van der Waals surface area contributed by atoms with Crippen LogP contribution in [0.4, 0.5) is 0 Å². The Labute approximate surface area is 107 Å². The van der Waals surface area contributed by atoms with Crippen LogP contribution in [0.15, 0.2) is 0 Å². The lowest BCUT2D eigenvalue weighted by atomic mass is 9.77. The minimum absolute atomic E-state index is 0.137. The van der Waals surface area contributed by atoms with Crippen molar-refractivity contribution in [1.29, 1.82) is 0 Å². The molecule has 2 heteroatoms. The van der Waals surface area contributed by atoms with E-state index in [1.165, 1.54) is 64.5 Å². The second-order valence-corrected chi connectivity index (χ2v) is 6.86. The predicted molar refractivity (Wildman–Crippen MR) is 74.1 cm³/mol. The van der Waals surface area contributed by atoms with Crippen LogP contribution in [0.5, 0.6) is 0 Å². The minimum atomic E-state index is 0.137. The third-order valence-electron chi connectivity index (χ3n) is 5.30. The van der Waals surface area contributed by atoms with Crippen molar-refractivity contribution in [3.63, 3.8) is 0 Å². The van der Waals surface area contributed by atoms with Gasteiger partial charge in [-0.1, -0.05) is 39.5 Å². The van der Waals surface area contributed by atoms with Crippen LogP contribution in [0, 0.1) is 5.41 Å². The standard InChI is InChI=1S/C15H30N2/c1-3-14(2)9-11-17(12-10-14)13-15(16)7-5-4-6-8-15/h3-13,16H2,1-2H3. The van der Waals surface area contributed by atoms with E-state index in [0.717, 1.165) is 6.54 Å². The molecule has 1 aliphatic heterocycles. The van der Waals surface area contributed by atoms with Gasteiger partial charge in [0.2, 0.25) is 0 Å². The summed E-state index contributed by atoms with van der Waals surface area (Å²) in [5.41, 5.74) is 7.29. The van der Waals surface area contributed by atoms with Crippen LogP contribution < -0.4 is 5.73 Å². The zero-order chi connectivity index (χ0) is 12.4. The highest BCUT2D eigenvalue weighted by Gasteiger charge is 2.33. The van der Waals surface area contributed by atoms with Gasteiger partial charge in [0.25, 0.3) is 0 Å². The monoisotopic (exact) mass is 238 g/mol. The molecule has 17 heavy (non-hydrogen) atoms. The Kier molecular flexibility index (Phi) is 4.14. The van der Waals surface area contributed by atoms with Gasteiger partial charge in [0.1, 0.15) is 0 Å². The molecule has 2 nitrogen and oxygen atoms in total. The molecular formula is C15H30N2. The number of piperidine rings is 1. The quantitative estimate of drug-likeness (QED) is 0.818. The SMILES string of the molecule is CCC1(C)CCN(CC2(N)CCCCC2)CC1. The Morgan fingerprint density at radius 2 is 1.59 bits per heavy atom. The molecule has 2 N–H and O–H groups in total. The van der Waals surface area contributed by atoms with Crippen molar-refractivity contribution in [3.05, 3.63) is 0 Å². The maximum atomic E-state index is 6.55. The number of nitrogens with zero attached hydrogens (tertiary/aromatic N) is 1. The van der Waals surface area contributed by atoms with E-state index in [1.807, 2.05) is 0 Å². The highest BCUT2D eigenvalue weighted by Crippen LogP contribution is 2.35. The fourth-order valence-corrected chi connectivity index (χ4v) is 3.46. The van der Waals surface area contributed by atoms with E-state index in [1.54, 1.807) is 0 Å². The van der Waals surface area contributed by atoms with E-state index >= 15 is 0 Å². The van der Waals surface area contributed by atoms with Gasteiger partial charge in [-0.05, 0) is 44.2 Å². The second-order valence-electron chi connectivity index (χ2n) is 6.86. The van der Waals surface area contributed by atoms with Crippen molar-refractivity contribution in [1.82, 2.24) is 4.90 Å². The molecule has 0 amide bonds. The molecule has 2 aliphatic rings. The average molecular weight is 238 g/mol. The smallest absolute Gasteiger partial charge is 0.0283 e. The van der Waals surface area contributed by atoms with E-state index in [-0.39, 0.29) is 5.54 Å².